The number of primary sulfonamides is 1. The minimum Gasteiger partial charge on any atom is -0.327 e. The Hall–Kier alpha value is -2.96. The van der Waals surface area contributed by atoms with Crippen molar-refractivity contribution in [1.82, 2.24) is 14.5 Å². The van der Waals surface area contributed by atoms with Gasteiger partial charge in [-0.25, -0.2) is 18.5 Å². The van der Waals surface area contributed by atoms with Crippen molar-refractivity contribution in [3.05, 3.63) is 53.9 Å². The highest BCUT2D eigenvalue weighted by Gasteiger charge is 2.33. The molecule has 34 heavy (non-hydrogen) atoms. The molecule has 0 aliphatic rings. The van der Waals surface area contributed by atoms with Crippen LogP contribution in [0, 0.1) is 0 Å². The van der Waals surface area contributed by atoms with Crippen LogP contribution in [0.4, 0.5) is 18.9 Å². The molecule has 0 saturated heterocycles. The van der Waals surface area contributed by atoms with Crippen LogP contribution in [0.5, 0.6) is 0 Å². The number of unbranched alkanes of at least 4 members (excludes halogenated alkanes) is 1. The molecule has 0 aliphatic heterocycles. The number of nitrogens with two attached hydrogens (primary N) is 1. The zero-order valence-corrected chi connectivity index (χ0v) is 19.6. The highest BCUT2D eigenvalue weighted by Crippen LogP contribution is 2.34. The Morgan fingerprint density at radius 3 is 2.56 bits per heavy atom. The molecular weight excluding hydrogens is 471 g/mol. The maximum Gasteiger partial charge on any atom is 0.418 e. The number of amides is 1. The second-order valence-corrected chi connectivity index (χ2v) is 9.55. The molecule has 0 aliphatic carbocycles. The molecule has 8 nitrogen and oxygen atoms in total. The van der Waals surface area contributed by atoms with Crippen molar-refractivity contribution in [3.63, 3.8) is 0 Å². The number of benzene rings is 2. The van der Waals surface area contributed by atoms with Gasteiger partial charge in [0.05, 0.1) is 40.3 Å². The lowest BCUT2D eigenvalue weighted by Crippen LogP contribution is -2.31. The monoisotopic (exact) mass is 497 g/mol. The van der Waals surface area contributed by atoms with Gasteiger partial charge in [0.15, 0.2) is 0 Å². The molecule has 1 heterocycles. The van der Waals surface area contributed by atoms with Gasteiger partial charge in [0.2, 0.25) is 15.9 Å². The fraction of sp³-hybridized carbons (Fsp3) is 0.364. The average Bonchev–Trinajstić information content (AvgIpc) is 3.06. The van der Waals surface area contributed by atoms with Crippen molar-refractivity contribution in [2.75, 3.05) is 18.9 Å². The summed E-state index contributed by atoms with van der Waals surface area (Å²) >= 11 is 0. The van der Waals surface area contributed by atoms with Crippen molar-refractivity contribution < 1.29 is 26.4 Å². The number of imidazole rings is 1. The molecule has 0 unspecified atom stereocenters. The summed E-state index contributed by atoms with van der Waals surface area (Å²) in [4.78, 5) is 18.6. The summed E-state index contributed by atoms with van der Waals surface area (Å²) in [5.74, 6) is -0.00654. The zero-order valence-electron chi connectivity index (χ0n) is 18.8. The van der Waals surface area contributed by atoms with E-state index < -0.39 is 27.7 Å². The summed E-state index contributed by atoms with van der Waals surface area (Å²) < 4.78 is 64.9. The lowest BCUT2D eigenvalue weighted by molar-refractivity contribution is -0.137. The first-order chi connectivity index (χ1) is 15.9. The average molecular weight is 498 g/mol. The molecule has 1 aromatic heterocycles. The van der Waals surface area contributed by atoms with Gasteiger partial charge in [-0.05, 0) is 43.8 Å². The zero-order chi connectivity index (χ0) is 25.1. The van der Waals surface area contributed by atoms with Crippen molar-refractivity contribution in [2.24, 2.45) is 5.14 Å². The van der Waals surface area contributed by atoms with Crippen molar-refractivity contribution in [3.8, 4) is 0 Å². The Balaban J connectivity index is 1.79. The molecule has 0 spiro atoms. The second-order valence-electron chi connectivity index (χ2n) is 7.99. The number of likely N-dealkylation sites (N-methyl/N-ethyl adjacent to an activating group) is 1. The molecule has 0 bridgehead atoms. The Bertz CT molecular complexity index is 1290. The molecule has 1 amide bonds. The minimum absolute atomic E-state index is 0.0530. The van der Waals surface area contributed by atoms with Gasteiger partial charge in [0, 0.05) is 6.54 Å². The fourth-order valence-corrected chi connectivity index (χ4v) is 4.13. The van der Waals surface area contributed by atoms with E-state index in [9.17, 15) is 26.4 Å². The quantitative estimate of drug-likeness (QED) is 0.470. The predicted molar refractivity (Wildman–Crippen MR) is 122 cm³/mol. The number of nitrogens with zero attached hydrogens (tertiary/aromatic N) is 3. The van der Waals surface area contributed by atoms with E-state index in [-0.39, 0.29) is 23.7 Å². The van der Waals surface area contributed by atoms with E-state index in [4.69, 9.17) is 5.14 Å². The van der Waals surface area contributed by atoms with Crippen LogP contribution in [0.15, 0.2) is 47.4 Å². The van der Waals surface area contributed by atoms with Gasteiger partial charge in [0.25, 0.3) is 0 Å². The number of carbonyl (C=O) groups excluding carboxylic acids is 1. The third-order valence-corrected chi connectivity index (χ3v) is 6.10. The number of para-hydroxylation sites is 1. The Morgan fingerprint density at radius 2 is 1.91 bits per heavy atom. The number of hydrogen-bond donors (Lipinski definition) is 2. The van der Waals surface area contributed by atoms with Gasteiger partial charge in [0.1, 0.15) is 5.82 Å². The topological polar surface area (TPSA) is 110 Å². The van der Waals surface area contributed by atoms with Gasteiger partial charge in [-0.2, -0.15) is 13.2 Å². The number of aryl methyl sites for hydroxylation is 1. The summed E-state index contributed by atoms with van der Waals surface area (Å²) in [5, 5.41) is 7.55. The third-order valence-electron chi connectivity index (χ3n) is 5.19. The van der Waals surface area contributed by atoms with Crippen molar-refractivity contribution >= 4 is 32.7 Å². The highest BCUT2D eigenvalue weighted by atomic mass is 32.2. The standard InChI is InChI=1S/C22H26F3N5O3S/c1-3-4-11-30-19-10-9-15(34(26,32)33)12-18(19)27-20(30)13-29(2)14-21(31)28-17-8-6-5-7-16(17)22(23,24)25/h5-10,12H,3-4,11,13-14H2,1-2H3,(H,28,31)(H2,26,32,33). The normalized spacial score (nSPS) is 12.4. The smallest absolute Gasteiger partial charge is 0.327 e. The maximum absolute atomic E-state index is 13.2. The summed E-state index contributed by atoms with van der Waals surface area (Å²) in [7, 11) is -2.24. The van der Waals surface area contributed by atoms with Gasteiger partial charge in [-0.15, -0.1) is 0 Å². The Kier molecular flexibility index (Phi) is 7.64. The number of aromatic nitrogens is 2. The predicted octanol–water partition coefficient (Wildman–Crippen LogP) is 3.57. The van der Waals surface area contributed by atoms with Gasteiger partial charge >= 0.3 is 6.18 Å². The van der Waals surface area contributed by atoms with Gasteiger partial charge < -0.3 is 9.88 Å². The van der Waals surface area contributed by atoms with E-state index in [0.717, 1.165) is 24.4 Å². The van der Waals surface area contributed by atoms with E-state index in [1.165, 1.54) is 30.3 Å². The largest absolute Gasteiger partial charge is 0.418 e. The third kappa shape index (κ3) is 6.13. The Morgan fingerprint density at radius 1 is 1.21 bits per heavy atom. The summed E-state index contributed by atoms with van der Waals surface area (Å²) in [6, 6.07) is 9.24. The maximum atomic E-state index is 13.2. The van der Waals surface area contributed by atoms with Crippen LogP contribution in [0.1, 0.15) is 31.2 Å². The van der Waals surface area contributed by atoms with Crippen LogP contribution in [0.25, 0.3) is 11.0 Å². The lowest BCUT2D eigenvalue weighted by atomic mass is 10.1. The molecule has 0 radical (unpaired) electrons. The number of fused-ring (bicyclic) bond motifs is 1. The van der Waals surface area contributed by atoms with Gasteiger partial charge in [-0.3, -0.25) is 9.69 Å². The van der Waals surface area contributed by atoms with Crippen molar-refractivity contribution in [2.45, 2.75) is 43.9 Å². The second kappa shape index (κ2) is 10.1. The van der Waals surface area contributed by atoms with E-state index in [1.807, 2.05) is 11.5 Å². The number of carbonyl (C=O) groups is 1. The first kappa shape index (κ1) is 25.7. The van der Waals surface area contributed by atoms with E-state index in [1.54, 1.807) is 18.0 Å². The molecular formula is C22H26F3N5O3S. The first-order valence-corrected chi connectivity index (χ1v) is 12.1. The van der Waals surface area contributed by atoms with E-state index in [2.05, 4.69) is 10.3 Å². The number of anilines is 1. The molecule has 3 aromatic rings. The van der Waals surface area contributed by atoms with Crippen LogP contribution in [0.2, 0.25) is 0 Å². The molecule has 0 fully saturated rings. The van der Waals surface area contributed by atoms with Crippen LogP contribution >= 0.6 is 0 Å². The highest BCUT2D eigenvalue weighted by molar-refractivity contribution is 7.89. The summed E-state index contributed by atoms with van der Waals surface area (Å²) in [6.07, 6.45) is -2.81. The molecule has 184 valence electrons. The number of halogens is 3. The number of nitrogens with one attached hydrogen (secondary N) is 1. The number of alkyl halides is 3. The van der Waals surface area contributed by atoms with Crippen molar-refractivity contribution in [1.29, 1.82) is 0 Å². The molecule has 0 saturated carbocycles. The van der Waals surface area contributed by atoms with Crippen LogP contribution < -0.4 is 10.5 Å². The van der Waals surface area contributed by atoms with E-state index in [0.29, 0.717) is 17.9 Å². The van der Waals surface area contributed by atoms with Crippen LogP contribution in [0.3, 0.4) is 0 Å². The summed E-state index contributed by atoms with van der Waals surface area (Å²) in [5.41, 5.74) is -0.0421. The van der Waals surface area contributed by atoms with Gasteiger partial charge in [-0.1, -0.05) is 25.5 Å². The Labute approximate surface area is 195 Å². The molecule has 2 aromatic carbocycles. The van der Waals surface area contributed by atoms with E-state index >= 15 is 0 Å². The summed E-state index contributed by atoms with van der Waals surface area (Å²) in [6.45, 7) is 2.71. The molecule has 0 atom stereocenters. The molecule has 3 rings (SSSR count). The lowest BCUT2D eigenvalue weighted by Gasteiger charge is -2.18. The first-order valence-electron chi connectivity index (χ1n) is 10.6. The molecule has 3 N–H and O–H groups in total. The van der Waals surface area contributed by atoms with Crippen LogP contribution in [-0.4, -0.2) is 42.4 Å². The molecule has 12 heteroatoms. The minimum atomic E-state index is -4.59. The number of rotatable bonds is 9. The SMILES string of the molecule is CCCCn1c(CN(C)CC(=O)Nc2ccccc2C(F)(F)F)nc2cc(S(N)(=O)=O)ccc21. The fourth-order valence-electron chi connectivity index (χ4n) is 3.59. The number of hydrogen-bond acceptors (Lipinski definition) is 5. The van der Waals surface area contributed by atoms with Crippen LogP contribution in [-0.2, 0) is 34.1 Å². The number of sulfonamides is 1.